The molecule has 0 spiro atoms. The van der Waals surface area contributed by atoms with Crippen LogP contribution in [0.25, 0.3) is 21.1 Å². The number of amides is 1. The molecule has 9 heteroatoms. The van der Waals surface area contributed by atoms with Crippen LogP contribution in [0.2, 0.25) is 0 Å². The Labute approximate surface area is 212 Å². The molecule has 182 valence electrons. The number of carbonyl (C=O) groups excluding carboxylic acids is 1. The van der Waals surface area contributed by atoms with E-state index in [1.165, 1.54) is 12.1 Å². The highest BCUT2D eigenvalue weighted by molar-refractivity contribution is 7.91. The zero-order valence-electron chi connectivity index (χ0n) is 19.5. The van der Waals surface area contributed by atoms with Crippen LogP contribution in [0.1, 0.15) is 18.1 Å². The molecule has 0 atom stereocenters. The smallest absolute Gasteiger partial charge is 0.308 e. The largest absolute Gasteiger partial charge is 0.326 e. The van der Waals surface area contributed by atoms with Gasteiger partial charge in [0.2, 0.25) is 5.91 Å². The Balaban J connectivity index is 1.33. The van der Waals surface area contributed by atoms with Gasteiger partial charge in [0.1, 0.15) is 0 Å². The SMILES string of the molecule is CCS(=O)(=O)c1ccc(CC(=O)Nc2ccc3c(c2)sc(=O)n3Cc2cccc3ncccc23)cc1. The van der Waals surface area contributed by atoms with E-state index in [1.807, 2.05) is 36.4 Å². The number of nitrogens with one attached hydrogen (secondary N) is 1. The van der Waals surface area contributed by atoms with Crippen LogP contribution in [0.4, 0.5) is 5.69 Å². The van der Waals surface area contributed by atoms with Crippen LogP contribution in [-0.2, 0) is 27.6 Å². The maximum atomic E-state index is 12.8. The molecule has 0 aliphatic carbocycles. The Morgan fingerprint density at radius 2 is 1.83 bits per heavy atom. The lowest BCUT2D eigenvalue weighted by atomic mass is 10.1. The van der Waals surface area contributed by atoms with Crippen molar-refractivity contribution in [3.8, 4) is 0 Å². The summed E-state index contributed by atoms with van der Waals surface area (Å²) in [5.41, 5.74) is 4.01. The van der Waals surface area contributed by atoms with Crippen molar-refractivity contribution >= 4 is 53.9 Å². The van der Waals surface area contributed by atoms with Gasteiger partial charge in [-0.2, -0.15) is 0 Å². The van der Waals surface area contributed by atoms with Gasteiger partial charge in [-0.15, -0.1) is 0 Å². The van der Waals surface area contributed by atoms with E-state index in [4.69, 9.17) is 0 Å². The Hall–Kier alpha value is -3.82. The normalized spacial score (nSPS) is 11.7. The van der Waals surface area contributed by atoms with Crippen molar-refractivity contribution in [1.29, 1.82) is 0 Å². The molecule has 36 heavy (non-hydrogen) atoms. The predicted octanol–water partition coefficient (Wildman–Crippen LogP) is 4.63. The van der Waals surface area contributed by atoms with Gasteiger partial charge in [-0.1, -0.05) is 48.6 Å². The fourth-order valence-corrected chi connectivity index (χ4v) is 5.96. The Morgan fingerprint density at radius 3 is 2.61 bits per heavy atom. The van der Waals surface area contributed by atoms with Crippen molar-refractivity contribution in [2.24, 2.45) is 0 Å². The lowest BCUT2D eigenvalue weighted by Gasteiger charge is -2.09. The van der Waals surface area contributed by atoms with Gasteiger partial charge in [0.15, 0.2) is 9.84 Å². The number of sulfone groups is 1. The highest BCUT2D eigenvalue weighted by Gasteiger charge is 2.14. The number of pyridine rings is 1. The van der Waals surface area contributed by atoms with Gasteiger partial charge < -0.3 is 5.32 Å². The maximum Gasteiger partial charge on any atom is 0.308 e. The van der Waals surface area contributed by atoms with Gasteiger partial charge in [0.25, 0.3) is 0 Å². The summed E-state index contributed by atoms with van der Waals surface area (Å²) in [7, 11) is -3.28. The minimum absolute atomic E-state index is 0.0300. The third-order valence-corrected chi connectivity index (χ3v) is 8.74. The van der Waals surface area contributed by atoms with Crippen molar-refractivity contribution < 1.29 is 13.2 Å². The lowest BCUT2D eigenvalue weighted by molar-refractivity contribution is -0.115. The summed E-state index contributed by atoms with van der Waals surface area (Å²) in [4.78, 5) is 30.0. The van der Waals surface area contributed by atoms with Gasteiger partial charge >= 0.3 is 4.87 Å². The molecule has 0 unspecified atom stereocenters. The van der Waals surface area contributed by atoms with Crippen LogP contribution in [0.5, 0.6) is 0 Å². The van der Waals surface area contributed by atoms with Crippen molar-refractivity contribution in [2.45, 2.75) is 24.8 Å². The van der Waals surface area contributed by atoms with E-state index in [2.05, 4.69) is 10.3 Å². The Bertz CT molecular complexity index is 1750. The second kappa shape index (κ2) is 9.67. The fraction of sp³-hybridized carbons (Fsp3) is 0.148. The first-order valence-corrected chi connectivity index (χ1v) is 13.9. The Kier molecular flexibility index (Phi) is 6.42. The molecule has 0 fully saturated rings. The lowest BCUT2D eigenvalue weighted by Crippen LogP contribution is -2.15. The maximum absolute atomic E-state index is 12.8. The van der Waals surface area contributed by atoms with E-state index in [1.54, 1.807) is 42.0 Å². The number of hydrogen-bond donors (Lipinski definition) is 1. The molecule has 0 bridgehead atoms. The van der Waals surface area contributed by atoms with Crippen molar-refractivity contribution in [1.82, 2.24) is 9.55 Å². The molecule has 0 saturated carbocycles. The van der Waals surface area contributed by atoms with Crippen molar-refractivity contribution in [3.63, 3.8) is 0 Å². The highest BCUT2D eigenvalue weighted by atomic mass is 32.2. The van der Waals surface area contributed by atoms with Crippen LogP contribution >= 0.6 is 11.3 Å². The molecule has 5 aromatic rings. The predicted molar refractivity (Wildman–Crippen MR) is 143 cm³/mol. The van der Waals surface area contributed by atoms with Gasteiger partial charge in [0.05, 0.1) is 39.3 Å². The van der Waals surface area contributed by atoms with Gasteiger partial charge in [0, 0.05) is 17.3 Å². The first kappa shape index (κ1) is 23.9. The number of nitrogens with zero attached hydrogens (tertiary/aromatic N) is 2. The minimum atomic E-state index is -3.28. The van der Waals surface area contributed by atoms with E-state index in [-0.39, 0.29) is 27.8 Å². The van der Waals surface area contributed by atoms with E-state index in [0.29, 0.717) is 17.8 Å². The number of benzene rings is 3. The van der Waals surface area contributed by atoms with Crippen LogP contribution in [-0.4, -0.2) is 29.6 Å². The third kappa shape index (κ3) is 4.80. The van der Waals surface area contributed by atoms with E-state index in [0.717, 1.165) is 38.0 Å². The molecule has 0 saturated heterocycles. The van der Waals surface area contributed by atoms with Gasteiger partial charge in [-0.05, 0) is 53.6 Å². The number of rotatable bonds is 7. The van der Waals surface area contributed by atoms with Crippen LogP contribution in [0, 0.1) is 0 Å². The summed E-state index contributed by atoms with van der Waals surface area (Å²) in [6.45, 7) is 2.02. The molecular weight excluding hydrogens is 494 g/mol. The molecule has 5 rings (SSSR count). The van der Waals surface area contributed by atoms with E-state index < -0.39 is 9.84 Å². The molecule has 2 heterocycles. The summed E-state index contributed by atoms with van der Waals surface area (Å²) in [5, 5.41) is 3.88. The summed E-state index contributed by atoms with van der Waals surface area (Å²) < 4.78 is 26.4. The monoisotopic (exact) mass is 517 g/mol. The quantitative estimate of drug-likeness (QED) is 0.339. The molecule has 3 aromatic carbocycles. The van der Waals surface area contributed by atoms with Crippen molar-refractivity contribution in [2.75, 3.05) is 11.1 Å². The number of fused-ring (bicyclic) bond motifs is 2. The van der Waals surface area contributed by atoms with Gasteiger partial charge in [-0.3, -0.25) is 19.1 Å². The average molecular weight is 518 g/mol. The zero-order chi connectivity index (χ0) is 25.3. The van der Waals surface area contributed by atoms with Gasteiger partial charge in [-0.25, -0.2) is 8.42 Å². The molecule has 1 N–H and O–H groups in total. The third-order valence-electron chi connectivity index (χ3n) is 6.04. The number of hydrogen-bond acceptors (Lipinski definition) is 6. The Morgan fingerprint density at radius 1 is 1.03 bits per heavy atom. The fourth-order valence-electron chi connectivity index (χ4n) is 4.14. The molecule has 1 amide bonds. The molecule has 2 aromatic heterocycles. The minimum Gasteiger partial charge on any atom is -0.326 e. The first-order chi connectivity index (χ1) is 17.3. The number of anilines is 1. The highest BCUT2D eigenvalue weighted by Crippen LogP contribution is 2.25. The summed E-state index contributed by atoms with van der Waals surface area (Å²) >= 11 is 1.14. The van der Waals surface area contributed by atoms with Crippen molar-refractivity contribution in [3.05, 3.63) is 99.8 Å². The second-order valence-electron chi connectivity index (χ2n) is 8.40. The summed E-state index contributed by atoms with van der Waals surface area (Å²) in [5.74, 6) is -0.196. The van der Waals surface area contributed by atoms with Crippen LogP contribution in [0.3, 0.4) is 0 Å². The molecular formula is C27H23N3O4S2. The number of carbonyl (C=O) groups is 1. The standard InChI is InChI=1S/C27H23N3O4S2/c1-2-36(33,34)21-11-8-18(9-12-21)15-26(31)29-20-10-13-24-25(16-20)35-27(32)30(24)17-19-5-3-7-23-22(19)6-4-14-28-23/h3-14,16H,2,15,17H2,1H3,(H,29,31). The molecule has 0 aliphatic heterocycles. The van der Waals surface area contributed by atoms with E-state index >= 15 is 0 Å². The van der Waals surface area contributed by atoms with E-state index in [9.17, 15) is 18.0 Å². The molecule has 7 nitrogen and oxygen atoms in total. The topological polar surface area (TPSA) is 98.1 Å². The molecule has 0 aliphatic rings. The number of aromatic nitrogens is 2. The summed E-state index contributed by atoms with van der Waals surface area (Å²) in [6.07, 6.45) is 1.86. The molecule has 0 radical (unpaired) electrons. The summed E-state index contributed by atoms with van der Waals surface area (Å²) in [6, 6.07) is 21.6. The van der Waals surface area contributed by atoms with Crippen LogP contribution in [0.15, 0.2) is 88.7 Å². The number of thiazole rings is 1. The first-order valence-electron chi connectivity index (χ1n) is 11.4. The zero-order valence-corrected chi connectivity index (χ0v) is 21.1. The van der Waals surface area contributed by atoms with Crippen LogP contribution < -0.4 is 10.2 Å². The second-order valence-corrected chi connectivity index (χ2v) is 11.7. The average Bonchev–Trinajstić information content (AvgIpc) is 3.18.